The van der Waals surface area contributed by atoms with Crippen LogP contribution >= 0.6 is 0 Å². The molecule has 5 heteroatoms. The third-order valence-electron chi connectivity index (χ3n) is 3.05. The number of anilines is 1. The average molecular weight is 314 g/mol. The highest BCUT2D eigenvalue weighted by Crippen LogP contribution is 2.15. The summed E-state index contributed by atoms with van der Waals surface area (Å²) in [6.07, 6.45) is 0. The first-order valence-corrected chi connectivity index (χ1v) is 7.69. The van der Waals surface area contributed by atoms with Crippen molar-refractivity contribution in [2.75, 3.05) is 31.6 Å². The van der Waals surface area contributed by atoms with Gasteiger partial charge in [0.2, 0.25) is 5.91 Å². The van der Waals surface area contributed by atoms with E-state index in [2.05, 4.69) is 10.6 Å². The topological polar surface area (TPSA) is 59.6 Å². The maximum atomic E-state index is 11.7. The molecule has 0 aliphatic rings. The summed E-state index contributed by atoms with van der Waals surface area (Å²) in [5.74, 6) is 1.55. The fraction of sp³-hybridized carbons (Fsp3) is 0.278. The lowest BCUT2D eigenvalue weighted by Crippen LogP contribution is -2.32. The number of para-hydroxylation sites is 1. The predicted molar refractivity (Wildman–Crippen MR) is 91.0 cm³/mol. The highest BCUT2D eigenvalue weighted by Gasteiger charge is 2.01. The third kappa shape index (κ3) is 6.30. The minimum Gasteiger partial charge on any atom is -0.494 e. The predicted octanol–water partition coefficient (Wildman–Crippen LogP) is 2.69. The van der Waals surface area contributed by atoms with Crippen molar-refractivity contribution < 1.29 is 14.3 Å². The monoisotopic (exact) mass is 314 g/mol. The quantitative estimate of drug-likeness (QED) is 0.699. The summed E-state index contributed by atoms with van der Waals surface area (Å²) in [5, 5.41) is 5.87. The summed E-state index contributed by atoms with van der Waals surface area (Å²) in [7, 11) is 0. The van der Waals surface area contributed by atoms with E-state index in [4.69, 9.17) is 9.47 Å². The molecular formula is C18H22N2O3. The van der Waals surface area contributed by atoms with E-state index in [0.717, 1.165) is 17.2 Å². The Labute approximate surface area is 136 Å². The molecule has 0 saturated heterocycles. The van der Waals surface area contributed by atoms with Gasteiger partial charge in [0.05, 0.1) is 19.7 Å². The highest BCUT2D eigenvalue weighted by atomic mass is 16.5. The lowest BCUT2D eigenvalue weighted by Gasteiger charge is -2.09. The molecule has 0 aliphatic heterocycles. The molecule has 0 aliphatic carbocycles. The summed E-state index contributed by atoms with van der Waals surface area (Å²) >= 11 is 0. The number of carbonyl (C=O) groups is 1. The number of amides is 1. The summed E-state index contributed by atoms with van der Waals surface area (Å²) in [5.41, 5.74) is 0.879. The molecule has 1 amide bonds. The van der Waals surface area contributed by atoms with Crippen molar-refractivity contribution in [1.29, 1.82) is 0 Å². The number of carbonyl (C=O) groups excluding carboxylic acids is 1. The molecule has 0 bridgehead atoms. The molecule has 0 fully saturated rings. The first-order valence-electron chi connectivity index (χ1n) is 7.69. The van der Waals surface area contributed by atoms with Gasteiger partial charge in [-0.15, -0.1) is 0 Å². The summed E-state index contributed by atoms with van der Waals surface area (Å²) in [6.45, 7) is 3.72. The molecule has 2 aromatic carbocycles. The van der Waals surface area contributed by atoms with Crippen molar-refractivity contribution in [2.45, 2.75) is 6.92 Å². The van der Waals surface area contributed by atoms with Crippen LogP contribution in [0.2, 0.25) is 0 Å². The van der Waals surface area contributed by atoms with Crippen LogP contribution in [-0.4, -0.2) is 32.2 Å². The fourth-order valence-corrected chi connectivity index (χ4v) is 1.96. The first kappa shape index (κ1) is 16.7. The maximum Gasteiger partial charge on any atom is 0.239 e. The molecule has 0 heterocycles. The zero-order valence-corrected chi connectivity index (χ0v) is 13.2. The van der Waals surface area contributed by atoms with Gasteiger partial charge in [-0.2, -0.15) is 0 Å². The van der Waals surface area contributed by atoms with Crippen molar-refractivity contribution in [3.05, 3.63) is 54.6 Å². The van der Waals surface area contributed by atoms with Crippen molar-refractivity contribution >= 4 is 11.6 Å². The van der Waals surface area contributed by atoms with Crippen LogP contribution in [0.15, 0.2) is 54.6 Å². The molecule has 2 N–H and O–H groups in total. The standard InChI is InChI=1S/C18H22N2O3/c1-2-22-17-10-8-15(9-11-17)20-14-18(21)19-12-13-23-16-6-4-3-5-7-16/h3-11,20H,2,12-14H2,1H3,(H,19,21). The maximum absolute atomic E-state index is 11.7. The zero-order valence-electron chi connectivity index (χ0n) is 13.2. The van der Waals surface area contributed by atoms with Gasteiger partial charge < -0.3 is 20.1 Å². The van der Waals surface area contributed by atoms with Crippen LogP contribution in [0.1, 0.15) is 6.92 Å². The fourth-order valence-electron chi connectivity index (χ4n) is 1.96. The normalized spacial score (nSPS) is 9.96. The number of rotatable bonds is 9. The minimum absolute atomic E-state index is 0.0736. The lowest BCUT2D eigenvalue weighted by molar-refractivity contribution is -0.119. The molecule has 0 saturated carbocycles. The van der Waals surface area contributed by atoms with Crippen LogP contribution in [0.3, 0.4) is 0 Å². The van der Waals surface area contributed by atoms with Gasteiger partial charge in [0.15, 0.2) is 0 Å². The van der Waals surface area contributed by atoms with Crippen LogP contribution in [0.4, 0.5) is 5.69 Å². The number of hydrogen-bond donors (Lipinski definition) is 2. The Hall–Kier alpha value is -2.69. The number of ether oxygens (including phenoxy) is 2. The van der Waals surface area contributed by atoms with Crippen LogP contribution in [0.5, 0.6) is 11.5 Å². The highest BCUT2D eigenvalue weighted by molar-refractivity contribution is 5.80. The van der Waals surface area contributed by atoms with Crippen molar-refractivity contribution in [3.63, 3.8) is 0 Å². The van der Waals surface area contributed by atoms with E-state index in [-0.39, 0.29) is 12.5 Å². The second-order valence-electron chi connectivity index (χ2n) is 4.82. The van der Waals surface area contributed by atoms with E-state index in [1.807, 2.05) is 61.5 Å². The second kappa shape index (κ2) is 9.35. The van der Waals surface area contributed by atoms with Crippen LogP contribution in [0.25, 0.3) is 0 Å². The van der Waals surface area contributed by atoms with Crippen LogP contribution in [0, 0.1) is 0 Å². The van der Waals surface area contributed by atoms with Crippen molar-refractivity contribution in [3.8, 4) is 11.5 Å². The molecule has 0 radical (unpaired) electrons. The van der Waals surface area contributed by atoms with Crippen molar-refractivity contribution in [1.82, 2.24) is 5.32 Å². The van der Waals surface area contributed by atoms with Gasteiger partial charge in [0.25, 0.3) is 0 Å². The summed E-state index contributed by atoms with van der Waals surface area (Å²) in [4.78, 5) is 11.7. The zero-order chi connectivity index (χ0) is 16.3. The molecular weight excluding hydrogens is 292 g/mol. The molecule has 0 aromatic heterocycles. The molecule has 2 aromatic rings. The minimum atomic E-state index is -0.0736. The Morgan fingerprint density at radius 2 is 1.65 bits per heavy atom. The van der Waals surface area contributed by atoms with Gasteiger partial charge in [0, 0.05) is 5.69 Å². The van der Waals surface area contributed by atoms with E-state index in [0.29, 0.717) is 19.8 Å². The molecule has 0 spiro atoms. The van der Waals surface area contributed by atoms with Crippen LogP contribution in [-0.2, 0) is 4.79 Å². The van der Waals surface area contributed by atoms with E-state index >= 15 is 0 Å². The molecule has 2 rings (SSSR count). The third-order valence-corrected chi connectivity index (χ3v) is 3.05. The second-order valence-corrected chi connectivity index (χ2v) is 4.82. The Morgan fingerprint density at radius 3 is 2.35 bits per heavy atom. The molecule has 0 atom stereocenters. The van der Waals surface area contributed by atoms with Gasteiger partial charge in [-0.3, -0.25) is 4.79 Å². The summed E-state index contributed by atoms with van der Waals surface area (Å²) in [6, 6.07) is 17.0. The molecule has 5 nitrogen and oxygen atoms in total. The smallest absolute Gasteiger partial charge is 0.239 e. The van der Waals surface area contributed by atoms with Gasteiger partial charge in [-0.25, -0.2) is 0 Å². The first-order chi connectivity index (χ1) is 11.3. The summed E-state index contributed by atoms with van der Waals surface area (Å²) < 4.78 is 10.9. The van der Waals surface area contributed by atoms with E-state index in [9.17, 15) is 4.79 Å². The van der Waals surface area contributed by atoms with E-state index in [1.54, 1.807) is 0 Å². The number of hydrogen-bond acceptors (Lipinski definition) is 4. The Balaban J connectivity index is 1.61. The largest absolute Gasteiger partial charge is 0.494 e. The average Bonchev–Trinajstić information content (AvgIpc) is 2.59. The Morgan fingerprint density at radius 1 is 0.957 bits per heavy atom. The number of nitrogens with one attached hydrogen (secondary N) is 2. The van der Waals surface area contributed by atoms with E-state index in [1.165, 1.54) is 0 Å². The Kier molecular flexibility index (Phi) is 6.78. The van der Waals surface area contributed by atoms with E-state index < -0.39 is 0 Å². The van der Waals surface area contributed by atoms with Gasteiger partial charge >= 0.3 is 0 Å². The van der Waals surface area contributed by atoms with Crippen molar-refractivity contribution in [2.24, 2.45) is 0 Å². The molecule has 122 valence electrons. The Bertz CT molecular complexity index is 585. The van der Waals surface area contributed by atoms with Gasteiger partial charge in [-0.05, 0) is 43.3 Å². The molecule has 0 unspecified atom stereocenters. The molecule has 23 heavy (non-hydrogen) atoms. The SMILES string of the molecule is CCOc1ccc(NCC(=O)NCCOc2ccccc2)cc1. The number of benzene rings is 2. The lowest BCUT2D eigenvalue weighted by atomic mass is 10.3. The van der Waals surface area contributed by atoms with Crippen LogP contribution < -0.4 is 20.1 Å². The van der Waals surface area contributed by atoms with Gasteiger partial charge in [-0.1, -0.05) is 18.2 Å². The van der Waals surface area contributed by atoms with Gasteiger partial charge in [0.1, 0.15) is 18.1 Å².